The van der Waals surface area contributed by atoms with Crippen molar-refractivity contribution in [2.24, 2.45) is 0 Å². The molecule has 1 N–H and O–H groups in total. The van der Waals surface area contributed by atoms with Gasteiger partial charge >= 0.3 is 0 Å². The van der Waals surface area contributed by atoms with Crippen LogP contribution in [0, 0.1) is 0 Å². The molecule has 0 bridgehead atoms. The van der Waals surface area contributed by atoms with Crippen molar-refractivity contribution < 1.29 is 0 Å². The van der Waals surface area contributed by atoms with Gasteiger partial charge in [-0.25, -0.2) is 15.0 Å². The van der Waals surface area contributed by atoms with Crippen molar-refractivity contribution in [2.45, 2.75) is 0 Å². The largest absolute Gasteiger partial charge is 0.258 e. The van der Waals surface area contributed by atoms with Gasteiger partial charge in [0.25, 0.3) is 0 Å². The number of hydrogen-bond donors (Lipinski definition) is 1. The first-order valence-electron chi connectivity index (χ1n) is 4.65. The SMILES string of the molecule is c1csc(-c2nc(-c3cncnc3)n[nH]2)c1. The Morgan fingerprint density at radius 1 is 1.19 bits per heavy atom. The van der Waals surface area contributed by atoms with E-state index in [4.69, 9.17) is 0 Å². The van der Waals surface area contributed by atoms with Gasteiger partial charge in [-0.2, -0.15) is 5.10 Å². The minimum atomic E-state index is 0.615. The molecule has 0 fully saturated rings. The Morgan fingerprint density at radius 3 is 2.81 bits per heavy atom. The van der Waals surface area contributed by atoms with Crippen molar-refractivity contribution in [1.82, 2.24) is 25.1 Å². The van der Waals surface area contributed by atoms with Gasteiger partial charge in [0, 0.05) is 12.4 Å². The highest BCUT2D eigenvalue weighted by Gasteiger charge is 2.08. The predicted octanol–water partition coefficient (Wildman–Crippen LogP) is 1.99. The van der Waals surface area contributed by atoms with Gasteiger partial charge < -0.3 is 0 Å². The highest BCUT2D eigenvalue weighted by molar-refractivity contribution is 7.13. The van der Waals surface area contributed by atoms with Crippen molar-refractivity contribution in [1.29, 1.82) is 0 Å². The number of aromatic nitrogens is 5. The lowest BCUT2D eigenvalue weighted by Crippen LogP contribution is -1.83. The third kappa shape index (κ3) is 1.59. The summed E-state index contributed by atoms with van der Waals surface area (Å²) in [4.78, 5) is 13.3. The van der Waals surface area contributed by atoms with E-state index in [1.165, 1.54) is 6.33 Å². The normalized spacial score (nSPS) is 10.5. The average Bonchev–Trinajstić information content (AvgIpc) is 3.01. The van der Waals surface area contributed by atoms with Crippen LogP contribution >= 0.6 is 11.3 Å². The minimum Gasteiger partial charge on any atom is -0.258 e. The van der Waals surface area contributed by atoms with Gasteiger partial charge in [-0.05, 0) is 11.4 Å². The van der Waals surface area contributed by atoms with Gasteiger partial charge in [0.05, 0.1) is 10.4 Å². The molecule has 0 atom stereocenters. The van der Waals surface area contributed by atoms with Crippen molar-refractivity contribution >= 4 is 11.3 Å². The molecule has 0 aliphatic rings. The maximum atomic E-state index is 4.39. The molecule has 0 aromatic carbocycles. The van der Waals surface area contributed by atoms with Crippen LogP contribution in [0.25, 0.3) is 22.1 Å². The molecule has 0 aliphatic carbocycles. The molecule has 0 saturated carbocycles. The van der Waals surface area contributed by atoms with Crippen molar-refractivity contribution in [3.8, 4) is 22.1 Å². The molecule has 0 aliphatic heterocycles. The van der Waals surface area contributed by atoms with Gasteiger partial charge in [0.1, 0.15) is 6.33 Å². The molecule has 3 heterocycles. The van der Waals surface area contributed by atoms with Gasteiger partial charge in [0.2, 0.25) is 0 Å². The molecule has 0 amide bonds. The zero-order valence-electron chi connectivity index (χ0n) is 8.16. The molecule has 3 aromatic rings. The molecule has 3 rings (SSSR count). The summed E-state index contributed by atoms with van der Waals surface area (Å²) in [6.07, 6.45) is 4.86. The molecule has 16 heavy (non-hydrogen) atoms. The average molecular weight is 229 g/mol. The second-order valence-electron chi connectivity index (χ2n) is 3.11. The summed E-state index contributed by atoms with van der Waals surface area (Å²) in [7, 11) is 0. The molecule has 3 aromatic heterocycles. The molecule has 6 heteroatoms. The fourth-order valence-electron chi connectivity index (χ4n) is 1.33. The summed E-state index contributed by atoms with van der Waals surface area (Å²) >= 11 is 1.62. The molecule has 78 valence electrons. The molecular weight excluding hydrogens is 222 g/mol. The number of aromatic amines is 1. The molecule has 0 radical (unpaired) electrons. The van der Waals surface area contributed by atoms with Gasteiger partial charge in [-0.3, -0.25) is 5.10 Å². The monoisotopic (exact) mass is 229 g/mol. The maximum absolute atomic E-state index is 4.39. The van der Waals surface area contributed by atoms with E-state index in [1.54, 1.807) is 23.7 Å². The summed E-state index contributed by atoms with van der Waals surface area (Å²) in [6, 6.07) is 3.98. The Kier molecular flexibility index (Phi) is 2.19. The third-order valence-corrected chi connectivity index (χ3v) is 2.94. The molecule has 0 saturated heterocycles. The Morgan fingerprint density at radius 2 is 2.06 bits per heavy atom. The lowest BCUT2D eigenvalue weighted by molar-refractivity contribution is 1.09. The first-order valence-corrected chi connectivity index (χ1v) is 5.53. The van der Waals surface area contributed by atoms with Crippen LogP contribution in [0.5, 0.6) is 0 Å². The van der Waals surface area contributed by atoms with E-state index < -0.39 is 0 Å². The summed E-state index contributed by atoms with van der Waals surface area (Å²) in [5.74, 6) is 1.39. The third-order valence-electron chi connectivity index (χ3n) is 2.06. The number of hydrogen-bond acceptors (Lipinski definition) is 5. The zero-order chi connectivity index (χ0) is 10.8. The van der Waals surface area contributed by atoms with Crippen molar-refractivity contribution in [3.63, 3.8) is 0 Å². The highest BCUT2D eigenvalue weighted by Crippen LogP contribution is 2.22. The summed E-state index contributed by atoms with van der Waals surface area (Å²) in [5, 5.41) is 9.04. The maximum Gasteiger partial charge on any atom is 0.184 e. The van der Waals surface area contributed by atoms with E-state index >= 15 is 0 Å². The van der Waals surface area contributed by atoms with E-state index in [0.717, 1.165) is 16.3 Å². The Balaban J connectivity index is 2.00. The topological polar surface area (TPSA) is 67.3 Å². The fraction of sp³-hybridized carbons (Fsp3) is 0. The Bertz CT molecular complexity index is 572. The second kappa shape index (κ2) is 3.82. The number of thiophene rings is 1. The number of nitrogens with zero attached hydrogens (tertiary/aromatic N) is 4. The van der Waals surface area contributed by atoms with E-state index in [1.807, 2.05) is 17.5 Å². The van der Waals surface area contributed by atoms with Crippen LogP contribution < -0.4 is 0 Å². The standard InChI is InChI=1S/C10H7N5S/c1-2-8(16-3-1)10-13-9(14-15-10)7-4-11-6-12-5-7/h1-6H,(H,13,14,15). The Hall–Kier alpha value is -2.08. The van der Waals surface area contributed by atoms with Crippen molar-refractivity contribution in [2.75, 3.05) is 0 Å². The minimum absolute atomic E-state index is 0.615. The lowest BCUT2D eigenvalue weighted by atomic mass is 10.3. The molecular formula is C10H7N5S. The van der Waals surface area contributed by atoms with E-state index in [-0.39, 0.29) is 0 Å². The van der Waals surface area contributed by atoms with Crippen LogP contribution in [0.4, 0.5) is 0 Å². The van der Waals surface area contributed by atoms with Crippen molar-refractivity contribution in [3.05, 3.63) is 36.2 Å². The van der Waals surface area contributed by atoms with E-state index in [9.17, 15) is 0 Å². The first kappa shape index (κ1) is 9.17. The predicted molar refractivity (Wildman–Crippen MR) is 60.7 cm³/mol. The van der Waals surface area contributed by atoms with Crippen LogP contribution in [0.3, 0.4) is 0 Å². The van der Waals surface area contributed by atoms with Crippen LogP contribution in [0.15, 0.2) is 36.2 Å². The Labute approximate surface area is 95.2 Å². The van der Waals surface area contributed by atoms with Gasteiger partial charge in [-0.1, -0.05) is 6.07 Å². The number of rotatable bonds is 2. The zero-order valence-corrected chi connectivity index (χ0v) is 8.98. The lowest BCUT2D eigenvalue weighted by Gasteiger charge is -1.90. The molecule has 0 spiro atoms. The van der Waals surface area contributed by atoms with E-state index in [0.29, 0.717) is 5.82 Å². The van der Waals surface area contributed by atoms with Crippen LogP contribution in [-0.4, -0.2) is 25.1 Å². The quantitative estimate of drug-likeness (QED) is 0.729. The number of H-pyrrole nitrogens is 1. The highest BCUT2D eigenvalue weighted by atomic mass is 32.1. The first-order chi connectivity index (χ1) is 7.93. The molecule has 5 nitrogen and oxygen atoms in total. The summed E-state index contributed by atoms with van der Waals surface area (Å²) in [5.41, 5.74) is 0.807. The van der Waals surface area contributed by atoms with Gasteiger partial charge in [-0.15, -0.1) is 11.3 Å². The number of nitrogens with one attached hydrogen (secondary N) is 1. The second-order valence-corrected chi connectivity index (χ2v) is 4.06. The molecule has 0 unspecified atom stereocenters. The fourth-order valence-corrected chi connectivity index (χ4v) is 1.99. The smallest absolute Gasteiger partial charge is 0.184 e. The van der Waals surface area contributed by atoms with Crippen LogP contribution in [-0.2, 0) is 0 Å². The van der Waals surface area contributed by atoms with Gasteiger partial charge in [0.15, 0.2) is 11.6 Å². The van der Waals surface area contributed by atoms with E-state index in [2.05, 4.69) is 25.1 Å². The summed E-state index contributed by atoms with van der Waals surface area (Å²) < 4.78 is 0. The summed E-state index contributed by atoms with van der Waals surface area (Å²) in [6.45, 7) is 0. The van der Waals surface area contributed by atoms with Crippen LogP contribution in [0.1, 0.15) is 0 Å². The van der Waals surface area contributed by atoms with Crippen LogP contribution in [0.2, 0.25) is 0 Å².